The Labute approximate surface area is 265 Å². The van der Waals surface area contributed by atoms with E-state index in [1.807, 2.05) is 0 Å². The lowest BCUT2D eigenvalue weighted by molar-refractivity contribution is -0.891. The van der Waals surface area contributed by atoms with Crippen molar-refractivity contribution in [1.29, 1.82) is 0 Å². The summed E-state index contributed by atoms with van der Waals surface area (Å²) >= 11 is 0. The smallest absolute Gasteiger partial charge is 0.407 e. The number of amides is 2. The van der Waals surface area contributed by atoms with Crippen LogP contribution in [-0.2, 0) is 14.2 Å². The van der Waals surface area contributed by atoms with E-state index in [0.717, 1.165) is 30.3 Å². The lowest BCUT2D eigenvalue weighted by Crippen LogP contribution is -2.50. The summed E-state index contributed by atoms with van der Waals surface area (Å²) in [6, 6.07) is -0.00498. The number of unbranched alkanes of at least 4 members (excludes halogenated alkanes) is 13. The van der Waals surface area contributed by atoms with Gasteiger partial charge in [-0.2, -0.15) is 0 Å². The number of hydrogen-bond acceptors (Lipinski definition) is 5. The fourth-order valence-electron chi connectivity index (χ4n) is 6.89. The van der Waals surface area contributed by atoms with E-state index >= 15 is 0 Å². The zero-order chi connectivity index (χ0) is 32.0. The van der Waals surface area contributed by atoms with Gasteiger partial charge in [-0.1, -0.05) is 105 Å². The SMILES string of the molecule is CCCCCCCCCCCCCCCC[N+](C)(C)CCOCCOC(=O)NC1CC(C)(C)CC(C)(CNC(=O)OC)C1. The molecule has 0 aliphatic heterocycles. The van der Waals surface area contributed by atoms with Crippen LogP contribution in [-0.4, -0.2) is 83.4 Å². The molecule has 2 unspecified atom stereocenters. The van der Waals surface area contributed by atoms with Crippen molar-refractivity contribution in [2.75, 3.05) is 60.7 Å². The van der Waals surface area contributed by atoms with E-state index in [1.54, 1.807) is 0 Å². The Morgan fingerprint density at radius 3 is 1.86 bits per heavy atom. The van der Waals surface area contributed by atoms with Gasteiger partial charge in [-0.25, -0.2) is 9.59 Å². The fraction of sp³-hybridized carbons (Fsp3) is 0.943. The van der Waals surface area contributed by atoms with Crippen LogP contribution in [0.5, 0.6) is 0 Å². The van der Waals surface area contributed by atoms with Crippen LogP contribution in [0.4, 0.5) is 9.59 Å². The van der Waals surface area contributed by atoms with Crippen molar-refractivity contribution in [3.05, 3.63) is 0 Å². The maximum absolute atomic E-state index is 12.5. The van der Waals surface area contributed by atoms with Gasteiger partial charge in [0.05, 0.1) is 41.0 Å². The van der Waals surface area contributed by atoms with E-state index in [4.69, 9.17) is 14.2 Å². The molecule has 2 amide bonds. The number of methoxy groups -OCH3 is 1. The topological polar surface area (TPSA) is 85.9 Å². The predicted octanol–water partition coefficient (Wildman–Crippen LogP) is 8.23. The Balaban J connectivity index is 2.06. The van der Waals surface area contributed by atoms with Gasteiger partial charge in [0.25, 0.3) is 0 Å². The summed E-state index contributed by atoms with van der Waals surface area (Å²) in [6.45, 7) is 12.8. The molecule has 1 saturated carbocycles. The van der Waals surface area contributed by atoms with E-state index in [9.17, 15) is 9.59 Å². The molecule has 2 N–H and O–H groups in total. The van der Waals surface area contributed by atoms with Gasteiger partial charge in [-0.05, 0) is 42.9 Å². The molecule has 8 heteroatoms. The van der Waals surface area contributed by atoms with Crippen LogP contribution in [0.3, 0.4) is 0 Å². The molecule has 43 heavy (non-hydrogen) atoms. The minimum atomic E-state index is -0.425. The van der Waals surface area contributed by atoms with Crippen LogP contribution in [0, 0.1) is 10.8 Å². The van der Waals surface area contributed by atoms with Gasteiger partial charge in [0, 0.05) is 12.6 Å². The van der Waals surface area contributed by atoms with E-state index in [1.165, 1.54) is 104 Å². The molecule has 1 fully saturated rings. The first-order valence-electron chi connectivity index (χ1n) is 17.6. The Hall–Kier alpha value is -1.54. The summed E-state index contributed by atoms with van der Waals surface area (Å²) in [5, 5.41) is 5.87. The average molecular weight is 613 g/mol. The molecule has 0 heterocycles. The number of nitrogens with one attached hydrogen (secondary N) is 2. The minimum Gasteiger partial charge on any atom is -0.453 e. The largest absolute Gasteiger partial charge is 0.453 e. The van der Waals surface area contributed by atoms with Crippen LogP contribution in [0.1, 0.15) is 137 Å². The summed E-state index contributed by atoms with van der Waals surface area (Å²) in [7, 11) is 5.92. The number of rotatable bonds is 24. The van der Waals surface area contributed by atoms with Crippen LogP contribution in [0.15, 0.2) is 0 Å². The first kappa shape index (κ1) is 39.5. The van der Waals surface area contributed by atoms with Crippen molar-refractivity contribution in [2.24, 2.45) is 10.8 Å². The molecule has 0 saturated heterocycles. The molecule has 1 aliphatic rings. The van der Waals surface area contributed by atoms with E-state index in [2.05, 4.69) is 52.4 Å². The Morgan fingerprint density at radius 1 is 0.744 bits per heavy atom. The van der Waals surface area contributed by atoms with Gasteiger partial charge in [0.2, 0.25) is 0 Å². The lowest BCUT2D eigenvalue weighted by atomic mass is 9.62. The molecule has 0 aromatic carbocycles. The standard InChI is InChI=1S/C35H69N3O5/c1-8-9-10-11-12-13-14-15-16-17-18-19-20-21-22-38(5,6)23-24-42-25-26-43-33(40)37-31-27-34(2,3)29-35(4,28-31)30-36-32(39)41-7/h31H,8-30H2,1-7H3,(H-,36,37,39,40)/p+1. The van der Waals surface area contributed by atoms with E-state index in [0.29, 0.717) is 19.8 Å². The first-order valence-corrected chi connectivity index (χ1v) is 17.6. The normalized spacial score (nSPS) is 20.0. The monoisotopic (exact) mass is 613 g/mol. The molecular formula is C35H70N3O5+. The third-order valence-corrected chi connectivity index (χ3v) is 9.03. The second-order valence-electron chi connectivity index (χ2n) is 15.0. The summed E-state index contributed by atoms with van der Waals surface area (Å²) in [5.74, 6) is 0. The van der Waals surface area contributed by atoms with Gasteiger partial charge >= 0.3 is 12.2 Å². The lowest BCUT2D eigenvalue weighted by Gasteiger charge is -2.46. The fourth-order valence-corrected chi connectivity index (χ4v) is 6.89. The van der Waals surface area contributed by atoms with Gasteiger partial charge in [-0.15, -0.1) is 0 Å². The highest BCUT2D eigenvalue weighted by Gasteiger charge is 2.42. The summed E-state index contributed by atoms with van der Waals surface area (Å²) in [4.78, 5) is 24.0. The van der Waals surface area contributed by atoms with Crippen LogP contribution in [0.25, 0.3) is 0 Å². The molecule has 0 bridgehead atoms. The van der Waals surface area contributed by atoms with Crippen molar-refractivity contribution in [3.8, 4) is 0 Å². The van der Waals surface area contributed by atoms with Gasteiger partial charge in [0.15, 0.2) is 0 Å². The molecule has 0 aromatic heterocycles. The van der Waals surface area contributed by atoms with Crippen LogP contribution in [0.2, 0.25) is 0 Å². The molecule has 1 aliphatic carbocycles. The van der Waals surface area contributed by atoms with Gasteiger partial charge in [-0.3, -0.25) is 0 Å². The summed E-state index contributed by atoms with van der Waals surface area (Å²) in [6.07, 6.45) is 21.2. The van der Waals surface area contributed by atoms with Crippen molar-refractivity contribution in [3.63, 3.8) is 0 Å². The third kappa shape index (κ3) is 20.9. The molecule has 0 aromatic rings. The zero-order valence-corrected chi connectivity index (χ0v) is 29.3. The van der Waals surface area contributed by atoms with E-state index in [-0.39, 0.29) is 23.5 Å². The maximum atomic E-state index is 12.5. The zero-order valence-electron chi connectivity index (χ0n) is 29.3. The van der Waals surface area contributed by atoms with E-state index < -0.39 is 12.2 Å². The number of carbonyl (C=O) groups is 2. The summed E-state index contributed by atoms with van der Waals surface area (Å²) < 4.78 is 16.9. The molecule has 0 radical (unpaired) electrons. The number of carbonyl (C=O) groups excluding carboxylic acids is 2. The minimum absolute atomic E-state index is 0.00498. The number of hydrogen-bond donors (Lipinski definition) is 2. The van der Waals surface area contributed by atoms with Crippen molar-refractivity contribution < 1.29 is 28.3 Å². The number of alkyl carbamates (subject to hydrolysis) is 2. The second kappa shape index (κ2) is 22.0. The number of likely N-dealkylation sites (N-methyl/N-ethyl adjacent to an activating group) is 1. The van der Waals surface area contributed by atoms with Crippen molar-refractivity contribution in [1.82, 2.24) is 10.6 Å². The first-order chi connectivity index (χ1) is 20.4. The second-order valence-corrected chi connectivity index (χ2v) is 15.0. The van der Waals surface area contributed by atoms with Gasteiger partial charge in [0.1, 0.15) is 13.2 Å². The molecule has 0 spiro atoms. The average Bonchev–Trinajstić information content (AvgIpc) is 2.92. The number of nitrogens with zero attached hydrogens (tertiary/aromatic N) is 1. The Morgan fingerprint density at radius 2 is 1.30 bits per heavy atom. The third-order valence-electron chi connectivity index (χ3n) is 9.03. The maximum Gasteiger partial charge on any atom is 0.407 e. The number of quaternary nitrogens is 1. The molecular weight excluding hydrogens is 542 g/mol. The van der Waals surface area contributed by atoms with Crippen LogP contribution < -0.4 is 10.6 Å². The Kier molecular flexibility index (Phi) is 20.2. The highest BCUT2D eigenvalue weighted by atomic mass is 16.6. The van der Waals surface area contributed by atoms with Crippen molar-refractivity contribution >= 4 is 12.2 Å². The number of ether oxygens (including phenoxy) is 3. The highest BCUT2D eigenvalue weighted by Crippen LogP contribution is 2.45. The molecule has 1 rings (SSSR count). The Bertz CT molecular complexity index is 745. The van der Waals surface area contributed by atoms with Gasteiger partial charge < -0.3 is 29.3 Å². The quantitative estimate of drug-likeness (QED) is 0.0847. The molecule has 2 atom stereocenters. The highest BCUT2D eigenvalue weighted by molar-refractivity contribution is 5.68. The van der Waals surface area contributed by atoms with Crippen LogP contribution >= 0.6 is 0 Å². The van der Waals surface area contributed by atoms with Crippen molar-refractivity contribution in [2.45, 2.75) is 143 Å². The predicted molar refractivity (Wildman–Crippen MR) is 177 cm³/mol. The summed E-state index contributed by atoms with van der Waals surface area (Å²) in [5.41, 5.74) is -0.0850. The molecule has 254 valence electrons. The molecule has 8 nitrogen and oxygen atoms in total.